The predicted molar refractivity (Wildman–Crippen MR) is 83.0 cm³/mol. The molecule has 2 heterocycles. The van der Waals surface area contributed by atoms with E-state index < -0.39 is 5.60 Å². The minimum Gasteiger partial charge on any atom is -0.444 e. The summed E-state index contributed by atoms with van der Waals surface area (Å²) in [6, 6.07) is 4.17. The molecular formula is C16H27N3O2. The summed E-state index contributed by atoms with van der Waals surface area (Å²) in [5.41, 5.74) is 0.858. The number of carbonyl (C=O) groups excluding carboxylic acids is 1. The average molecular weight is 293 g/mol. The van der Waals surface area contributed by atoms with E-state index in [9.17, 15) is 4.79 Å². The van der Waals surface area contributed by atoms with E-state index >= 15 is 0 Å². The first-order valence-corrected chi connectivity index (χ1v) is 7.64. The van der Waals surface area contributed by atoms with Crippen LogP contribution >= 0.6 is 0 Å². The third kappa shape index (κ3) is 4.77. The van der Waals surface area contributed by atoms with E-state index in [-0.39, 0.29) is 6.09 Å². The number of hydrogen-bond donors (Lipinski definition) is 1. The molecule has 5 nitrogen and oxygen atoms in total. The summed E-state index contributed by atoms with van der Waals surface area (Å²) in [6.45, 7) is 9.09. The van der Waals surface area contributed by atoms with Crippen LogP contribution in [-0.4, -0.2) is 40.8 Å². The summed E-state index contributed by atoms with van der Waals surface area (Å²) in [4.78, 5) is 13.8. The Labute approximate surface area is 127 Å². The molecule has 0 aliphatic carbocycles. The Morgan fingerprint density at radius 3 is 2.86 bits per heavy atom. The van der Waals surface area contributed by atoms with Gasteiger partial charge in [-0.3, -0.25) is 0 Å². The lowest BCUT2D eigenvalue weighted by molar-refractivity contribution is 0.0288. The van der Waals surface area contributed by atoms with Crippen molar-refractivity contribution in [2.45, 2.75) is 39.3 Å². The SMILES string of the molecule is Cn1cccc1CNC[C@H]1CCN(C(=O)OC(C)(C)C)C1. The Bertz CT molecular complexity index is 476. The molecule has 1 aliphatic rings. The number of nitrogens with one attached hydrogen (secondary N) is 1. The molecule has 0 aromatic carbocycles. The zero-order valence-corrected chi connectivity index (χ0v) is 13.6. The zero-order valence-electron chi connectivity index (χ0n) is 13.6. The molecule has 1 aromatic rings. The van der Waals surface area contributed by atoms with Crippen molar-refractivity contribution in [1.29, 1.82) is 0 Å². The molecule has 0 spiro atoms. The average Bonchev–Trinajstić information content (AvgIpc) is 2.97. The fourth-order valence-electron chi connectivity index (χ4n) is 2.58. The molecule has 1 N–H and O–H groups in total. The molecule has 0 saturated carbocycles. The van der Waals surface area contributed by atoms with Crippen LogP contribution in [0.1, 0.15) is 32.9 Å². The molecule has 0 unspecified atom stereocenters. The Kier molecular flexibility index (Phi) is 4.93. The Hall–Kier alpha value is -1.49. The summed E-state index contributed by atoms with van der Waals surface area (Å²) in [7, 11) is 2.05. The molecule has 1 saturated heterocycles. The van der Waals surface area contributed by atoms with Crippen molar-refractivity contribution in [3.63, 3.8) is 0 Å². The lowest BCUT2D eigenvalue weighted by Gasteiger charge is -2.24. The van der Waals surface area contributed by atoms with Gasteiger partial charge in [0, 0.05) is 45.1 Å². The summed E-state index contributed by atoms with van der Waals surface area (Å²) < 4.78 is 7.53. The number of amides is 1. The monoisotopic (exact) mass is 293 g/mol. The number of aromatic nitrogens is 1. The first-order valence-electron chi connectivity index (χ1n) is 7.64. The number of aryl methyl sites for hydroxylation is 1. The highest BCUT2D eigenvalue weighted by atomic mass is 16.6. The van der Waals surface area contributed by atoms with E-state index in [4.69, 9.17) is 4.74 Å². The first kappa shape index (κ1) is 15.9. The second-order valence-corrected chi connectivity index (χ2v) is 6.82. The molecule has 1 aliphatic heterocycles. The van der Waals surface area contributed by atoms with Crippen LogP contribution < -0.4 is 5.32 Å². The molecule has 21 heavy (non-hydrogen) atoms. The van der Waals surface area contributed by atoms with Gasteiger partial charge in [-0.05, 0) is 45.2 Å². The molecule has 0 bridgehead atoms. The van der Waals surface area contributed by atoms with Crippen LogP contribution in [0.25, 0.3) is 0 Å². The van der Waals surface area contributed by atoms with E-state index in [0.717, 1.165) is 32.6 Å². The number of likely N-dealkylation sites (tertiary alicyclic amines) is 1. The van der Waals surface area contributed by atoms with Gasteiger partial charge in [0.1, 0.15) is 5.60 Å². The van der Waals surface area contributed by atoms with Gasteiger partial charge in [-0.25, -0.2) is 4.79 Å². The molecule has 0 radical (unpaired) electrons. The predicted octanol–water partition coefficient (Wildman–Crippen LogP) is 2.37. The zero-order chi connectivity index (χ0) is 15.5. The van der Waals surface area contributed by atoms with Crippen molar-refractivity contribution in [2.24, 2.45) is 13.0 Å². The second-order valence-electron chi connectivity index (χ2n) is 6.82. The van der Waals surface area contributed by atoms with Crippen LogP contribution in [-0.2, 0) is 18.3 Å². The standard InChI is InChI=1S/C16H27N3O2/c1-16(2,3)21-15(20)19-9-7-13(12-19)10-17-11-14-6-5-8-18(14)4/h5-6,8,13,17H,7,9-12H2,1-4H3/t13-/m1/s1. The molecule has 5 heteroatoms. The first-order chi connectivity index (χ1) is 9.85. The minimum atomic E-state index is -0.417. The molecule has 1 aromatic heterocycles. The maximum absolute atomic E-state index is 12.0. The maximum Gasteiger partial charge on any atom is 0.410 e. The lowest BCUT2D eigenvalue weighted by Crippen LogP contribution is -2.36. The van der Waals surface area contributed by atoms with Crippen molar-refractivity contribution >= 4 is 6.09 Å². The maximum atomic E-state index is 12.0. The molecule has 1 fully saturated rings. The number of ether oxygens (including phenoxy) is 1. The van der Waals surface area contributed by atoms with Gasteiger partial charge >= 0.3 is 6.09 Å². The van der Waals surface area contributed by atoms with Crippen molar-refractivity contribution < 1.29 is 9.53 Å². The van der Waals surface area contributed by atoms with Gasteiger partial charge in [0.25, 0.3) is 0 Å². The minimum absolute atomic E-state index is 0.188. The summed E-state index contributed by atoms with van der Waals surface area (Å²) in [5.74, 6) is 0.512. The highest BCUT2D eigenvalue weighted by molar-refractivity contribution is 5.68. The van der Waals surface area contributed by atoms with Crippen LogP contribution in [0.5, 0.6) is 0 Å². The van der Waals surface area contributed by atoms with E-state index in [2.05, 4.69) is 35.3 Å². The van der Waals surface area contributed by atoms with Crippen LogP contribution in [0.3, 0.4) is 0 Å². The van der Waals surface area contributed by atoms with Crippen LogP contribution in [0.2, 0.25) is 0 Å². The van der Waals surface area contributed by atoms with E-state index in [1.165, 1.54) is 5.69 Å². The Morgan fingerprint density at radius 2 is 2.24 bits per heavy atom. The van der Waals surface area contributed by atoms with Gasteiger partial charge in [0.2, 0.25) is 0 Å². The van der Waals surface area contributed by atoms with Crippen molar-refractivity contribution in [1.82, 2.24) is 14.8 Å². The van der Waals surface area contributed by atoms with Crippen molar-refractivity contribution in [2.75, 3.05) is 19.6 Å². The number of rotatable bonds is 4. The highest BCUT2D eigenvalue weighted by Gasteiger charge is 2.29. The van der Waals surface area contributed by atoms with Crippen LogP contribution in [0.15, 0.2) is 18.3 Å². The summed E-state index contributed by atoms with van der Waals surface area (Å²) >= 11 is 0. The Morgan fingerprint density at radius 1 is 1.48 bits per heavy atom. The van der Waals surface area contributed by atoms with Gasteiger partial charge < -0.3 is 19.5 Å². The molecular weight excluding hydrogens is 266 g/mol. The lowest BCUT2D eigenvalue weighted by atomic mass is 10.1. The van der Waals surface area contributed by atoms with Gasteiger partial charge in [-0.2, -0.15) is 0 Å². The van der Waals surface area contributed by atoms with E-state index in [0.29, 0.717) is 5.92 Å². The smallest absolute Gasteiger partial charge is 0.410 e. The second kappa shape index (κ2) is 6.52. The number of nitrogens with zero attached hydrogens (tertiary/aromatic N) is 2. The highest BCUT2D eigenvalue weighted by Crippen LogP contribution is 2.19. The van der Waals surface area contributed by atoms with Crippen molar-refractivity contribution in [3.05, 3.63) is 24.0 Å². The molecule has 1 atom stereocenters. The molecule has 1 amide bonds. The topological polar surface area (TPSA) is 46.5 Å². The molecule has 118 valence electrons. The number of hydrogen-bond acceptors (Lipinski definition) is 3. The van der Waals surface area contributed by atoms with Gasteiger partial charge in [0.15, 0.2) is 0 Å². The van der Waals surface area contributed by atoms with Crippen molar-refractivity contribution in [3.8, 4) is 0 Å². The van der Waals surface area contributed by atoms with Gasteiger partial charge in [-0.15, -0.1) is 0 Å². The van der Waals surface area contributed by atoms with Gasteiger partial charge in [0.05, 0.1) is 0 Å². The van der Waals surface area contributed by atoms with Crippen LogP contribution in [0.4, 0.5) is 4.79 Å². The molecule has 2 rings (SSSR count). The Balaban J connectivity index is 1.70. The quantitative estimate of drug-likeness (QED) is 0.927. The van der Waals surface area contributed by atoms with E-state index in [1.54, 1.807) is 0 Å². The number of carbonyl (C=O) groups is 1. The normalized spacial score (nSPS) is 19.0. The third-order valence-electron chi connectivity index (χ3n) is 3.73. The van der Waals surface area contributed by atoms with E-state index in [1.807, 2.05) is 25.7 Å². The fourth-order valence-corrected chi connectivity index (χ4v) is 2.58. The summed E-state index contributed by atoms with van der Waals surface area (Å²) in [6.07, 6.45) is 2.91. The largest absolute Gasteiger partial charge is 0.444 e. The van der Waals surface area contributed by atoms with Gasteiger partial charge in [-0.1, -0.05) is 0 Å². The fraction of sp³-hybridized carbons (Fsp3) is 0.688. The third-order valence-corrected chi connectivity index (χ3v) is 3.73. The van der Waals surface area contributed by atoms with Crippen LogP contribution in [0, 0.1) is 5.92 Å². The summed E-state index contributed by atoms with van der Waals surface area (Å²) in [5, 5.41) is 3.48.